The third-order valence-corrected chi connectivity index (χ3v) is 4.77. The average molecular weight is 399 g/mol. The number of likely N-dealkylation sites (tertiary alicyclic amines) is 1. The molecule has 1 heterocycles. The highest BCUT2D eigenvalue weighted by molar-refractivity contribution is 9.11. The predicted molar refractivity (Wildman–Crippen MR) is 97.9 cm³/mol. The van der Waals surface area contributed by atoms with Gasteiger partial charge in [-0.1, -0.05) is 28.1 Å². The molecule has 5 nitrogen and oxygen atoms in total. The van der Waals surface area contributed by atoms with Crippen molar-refractivity contribution in [3.63, 3.8) is 0 Å². The zero-order chi connectivity index (χ0) is 17.7. The van der Waals surface area contributed by atoms with Gasteiger partial charge >= 0.3 is 6.09 Å². The van der Waals surface area contributed by atoms with Crippen molar-refractivity contribution in [2.45, 2.75) is 52.1 Å². The van der Waals surface area contributed by atoms with E-state index in [1.165, 1.54) is 0 Å². The second-order valence-corrected chi connectivity index (χ2v) is 8.46. The van der Waals surface area contributed by atoms with Crippen molar-refractivity contribution < 1.29 is 14.3 Å². The number of hydrogen-bond acceptors (Lipinski definition) is 3. The number of hydrogen-bond donors (Lipinski definition) is 1. The standard InChI is InChI=1S/C18H27BrN2O3/c1-18(2,3)24-17(23)21-10-7-13(8-11-21)6-9-20-16(22)14-4-5-15(19)12-14/h4-5,13H,6-12H2,1-3H3,(H,20,22). The van der Waals surface area contributed by atoms with Gasteiger partial charge in [-0.2, -0.15) is 0 Å². The molecule has 0 bridgehead atoms. The number of amides is 2. The first-order valence-corrected chi connectivity index (χ1v) is 9.35. The lowest BCUT2D eigenvalue weighted by Crippen LogP contribution is -2.42. The van der Waals surface area contributed by atoms with Crippen LogP contribution in [-0.2, 0) is 9.53 Å². The Morgan fingerprint density at radius 2 is 1.96 bits per heavy atom. The number of carbonyl (C=O) groups is 2. The van der Waals surface area contributed by atoms with Gasteiger partial charge in [0.2, 0.25) is 5.91 Å². The van der Waals surface area contributed by atoms with Crippen LogP contribution in [-0.4, -0.2) is 42.1 Å². The Bertz CT molecular complexity index is 541. The molecule has 0 aromatic rings. The van der Waals surface area contributed by atoms with E-state index in [0.717, 1.165) is 42.4 Å². The second kappa shape index (κ2) is 8.19. The molecule has 1 N–H and O–H groups in total. The van der Waals surface area contributed by atoms with Crippen molar-refractivity contribution in [2.24, 2.45) is 5.92 Å². The number of ether oxygens (including phenoxy) is 1. The summed E-state index contributed by atoms with van der Waals surface area (Å²) in [6, 6.07) is 0. The zero-order valence-corrected chi connectivity index (χ0v) is 16.3. The van der Waals surface area contributed by atoms with Gasteiger partial charge in [0, 0.05) is 31.6 Å². The summed E-state index contributed by atoms with van der Waals surface area (Å²) >= 11 is 3.40. The first-order valence-electron chi connectivity index (χ1n) is 8.56. The molecular weight excluding hydrogens is 372 g/mol. The number of rotatable bonds is 4. The lowest BCUT2D eigenvalue weighted by atomic mass is 9.94. The van der Waals surface area contributed by atoms with Gasteiger partial charge in [-0.05, 0) is 50.4 Å². The van der Waals surface area contributed by atoms with Gasteiger partial charge in [0.1, 0.15) is 5.60 Å². The average Bonchev–Trinajstić information content (AvgIpc) is 2.93. The van der Waals surface area contributed by atoms with Crippen LogP contribution >= 0.6 is 15.9 Å². The van der Waals surface area contributed by atoms with Crippen molar-refractivity contribution in [3.05, 3.63) is 22.2 Å². The van der Waals surface area contributed by atoms with Gasteiger partial charge < -0.3 is 15.0 Å². The molecule has 2 amide bonds. The summed E-state index contributed by atoms with van der Waals surface area (Å²) in [5, 5.41) is 2.99. The number of nitrogens with zero attached hydrogens (tertiary/aromatic N) is 1. The Morgan fingerprint density at radius 3 is 2.50 bits per heavy atom. The van der Waals surface area contributed by atoms with Gasteiger partial charge in [-0.25, -0.2) is 4.79 Å². The van der Waals surface area contributed by atoms with Crippen molar-refractivity contribution in [1.82, 2.24) is 10.2 Å². The van der Waals surface area contributed by atoms with E-state index in [1.807, 2.05) is 32.9 Å². The quantitative estimate of drug-likeness (QED) is 0.784. The van der Waals surface area contributed by atoms with Gasteiger partial charge in [0.15, 0.2) is 0 Å². The fourth-order valence-electron chi connectivity index (χ4n) is 2.88. The molecule has 1 aliphatic heterocycles. The predicted octanol–water partition coefficient (Wildman–Crippen LogP) is 3.75. The zero-order valence-electron chi connectivity index (χ0n) is 14.7. The van der Waals surface area contributed by atoms with E-state index >= 15 is 0 Å². The van der Waals surface area contributed by atoms with Crippen LogP contribution in [0.4, 0.5) is 4.79 Å². The molecule has 1 saturated heterocycles. The van der Waals surface area contributed by atoms with Gasteiger partial charge in [-0.15, -0.1) is 0 Å². The van der Waals surface area contributed by atoms with Crippen molar-refractivity contribution >= 4 is 27.9 Å². The maximum absolute atomic E-state index is 12.0. The molecule has 1 aliphatic carbocycles. The molecule has 0 aromatic carbocycles. The summed E-state index contributed by atoms with van der Waals surface area (Å²) in [5.74, 6) is 0.568. The molecule has 0 atom stereocenters. The number of nitrogens with one attached hydrogen (secondary N) is 1. The molecule has 0 unspecified atom stereocenters. The summed E-state index contributed by atoms with van der Waals surface area (Å²) in [5.41, 5.74) is 0.360. The van der Waals surface area contributed by atoms with Crippen molar-refractivity contribution in [3.8, 4) is 0 Å². The highest BCUT2D eigenvalue weighted by Crippen LogP contribution is 2.24. The molecule has 2 rings (SSSR count). The summed E-state index contributed by atoms with van der Waals surface area (Å²) < 4.78 is 6.45. The smallest absolute Gasteiger partial charge is 0.410 e. The molecule has 24 heavy (non-hydrogen) atoms. The van der Waals surface area contributed by atoms with Crippen LogP contribution in [0.1, 0.15) is 46.5 Å². The Morgan fingerprint density at radius 1 is 1.29 bits per heavy atom. The molecular formula is C18H27BrN2O3. The van der Waals surface area contributed by atoms with Crippen LogP contribution in [0.25, 0.3) is 0 Å². The largest absolute Gasteiger partial charge is 0.444 e. The molecule has 2 aliphatic rings. The Hall–Kier alpha value is -1.30. The molecule has 6 heteroatoms. The van der Waals surface area contributed by atoms with Gasteiger partial charge in [0.25, 0.3) is 0 Å². The van der Waals surface area contributed by atoms with Gasteiger partial charge in [0.05, 0.1) is 0 Å². The summed E-state index contributed by atoms with van der Waals surface area (Å²) in [6.45, 7) is 7.80. The molecule has 134 valence electrons. The first kappa shape index (κ1) is 19.0. The summed E-state index contributed by atoms with van der Waals surface area (Å²) in [7, 11) is 0. The number of allylic oxidation sites excluding steroid dienone is 3. The van der Waals surface area contributed by atoms with Crippen LogP contribution in [0.2, 0.25) is 0 Å². The van der Waals surface area contributed by atoms with E-state index in [4.69, 9.17) is 4.74 Å². The van der Waals surface area contributed by atoms with Crippen molar-refractivity contribution in [2.75, 3.05) is 19.6 Å². The minimum atomic E-state index is -0.447. The highest BCUT2D eigenvalue weighted by Gasteiger charge is 2.26. The Labute approximate surface area is 152 Å². The minimum absolute atomic E-state index is 0.0203. The highest BCUT2D eigenvalue weighted by atomic mass is 79.9. The fourth-order valence-corrected chi connectivity index (χ4v) is 3.32. The third kappa shape index (κ3) is 5.96. The SMILES string of the molecule is CC(C)(C)OC(=O)N1CCC(CCNC(=O)C2=CC=C(Br)C2)CC1. The topological polar surface area (TPSA) is 58.6 Å². The van der Waals surface area contributed by atoms with E-state index < -0.39 is 5.60 Å². The lowest BCUT2D eigenvalue weighted by molar-refractivity contribution is -0.117. The maximum atomic E-state index is 12.0. The molecule has 0 spiro atoms. The first-order chi connectivity index (χ1) is 11.2. The van der Waals surface area contributed by atoms with Crippen LogP contribution in [0.3, 0.4) is 0 Å². The number of piperidine rings is 1. The van der Waals surface area contributed by atoms with Gasteiger partial charge in [-0.3, -0.25) is 4.79 Å². The third-order valence-electron chi connectivity index (χ3n) is 4.22. The van der Waals surface area contributed by atoms with Crippen LogP contribution < -0.4 is 5.32 Å². The second-order valence-electron chi connectivity index (χ2n) is 7.44. The normalized spacial score (nSPS) is 18.9. The summed E-state index contributed by atoms with van der Waals surface area (Å²) in [6.07, 6.45) is 7.12. The monoisotopic (exact) mass is 398 g/mol. The van der Waals surface area contributed by atoms with Crippen LogP contribution in [0.5, 0.6) is 0 Å². The van der Waals surface area contributed by atoms with Crippen molar-refractivity contribution in [1.29, 1.82) is 0 Å². The van der Waals surface area contributed by atoms with E-state index in [-0.39, 0.29) is 12.0 Å². The number of halogens is 1. The Balaban J connectivity index is 1.63. The fraction of sp³-hybridized carbons (Fsp3) is 0.667. The molecule has 0 saturated carbocycles. The lowest BCUT2D eigenvalue weighted by Gasteiger charge is -2.33. The number of carbonyl (C=O) groups excluding carboxylic acids is 2. The van der Waals surface area contributed by atoms with E-state index in [1.54, 1.807) is 4.90 Å². The Kier molecular flexibility index (Phi) is 6.49. The molecule has 0 aromatic heterocycles. The molecule has 1 fully saturated rings. The maximum Gasteiger partial charge on any atom is 0.410 e. The van der Waals surface area contributed by atoms with E-state index in [0.29, 0.717) is 18.9 Å². The minimum Gasteiger partial charge on any atom is -0.444 e. The van der Waals surface area contributed by atoms with E-state index in [9.17, 15) is 9.59 Å². The van der Waals surface area contributed by atoms with Crippen LogP contribution in [0.15, 0.2) is 22.2 Å². The molecule has 0 radical (unpaired) electrons. The summed E-state index contributed by atoms with van der Waals surface area (Å²) in [4.78, 5) is 25.8. The van der Waals surface area contributed by atoms with Crippen LogP contribution in [0, 0.1) is 5.92 Å². The van der Waals surface area contributed by atoms with E-state index in [2.05, 4.69) is 21.2 Å².